The second-order valence-corrected chi connectivity index (χ2v) is 12.9. The van der Waals surface area contributed by atoms with Gasteiger partial charge in [0.1, 0.15) is 0 Å². The fourth-order valence-electron chi connectivity index (χ4n) is 7.06. The van der Waals surface area contributed by atoms with Crippen LogP contribution in [0.1, 0.15) is 56.4 Å². The molecule has 0 aliphatic heterocycles. The summed E-state index contributed by atoms with van der Waals surface area (Å²) < 4.78 is 0. The minimum Gasteiger partial charge on any atom is -0.155 e. The van der Waals surface area contributed by atoms with E-state index >= 15 is 0 Å². The Morgan fingerprint density at radius 3 is 1.44 bits per heavy atom. The van der Waals surface area contributed by atoms with Crippen molar-refractivity contribution in [3.05, 3.63) is 129 Å². The van der Waals surface area contributed by atoms with Crippen LogP contribution in [0.5, 0.6) is 0 Å². The molecule has 8 heteroatoms. The lowest BCUT2D eigenvalue weighted by Crippen LogP contribution is -2.09. The van der Waals surface area contributed by atoms with Gasteiger partial charge in [-0.1, -0.05) is 0 Å². The van der Waals surface area contributed by atoms with Crippen molar-refractivity contribution < 1.29 is 0 Å². The zero-order valence-electron chi connectivity index (χ0n) is 27.1. The first-order chi connectivity index (χ1) is 23.4. The predicted octanol–water partition coefficient (Wildman–Crippen LogP) is 7.91. The first-order valence-electron chi connectivity index (χ1n) is 16.1. The van der Waals surface area contributed by atoms with Gasteiger partial charge in [-0.15, -0.1) is 0 Å². The number of aryl methyl sites for hydroxylation is 4. The van der Waals surface area contributed by atoms with E-state index in [2.05, 4.69) is 95.4 Å². The monoisotopic (exact) mass is 622 g/mol. The molecule has 2 aliphatic carbocycles. The summed E-state index contributed by atoms with van der Waals surface area (Å²) in [6.45, 7) is 7.85. The topological polar surface area (TPSA) is 103 Å². The van der Waals surface area contributed by atoms with Crippen molar-refractivity contribution in [1.29, 1.82) is 0 Å². The van der Waals surface area contributed by atoms with Gasteiger partial charge in [-0.05, 0) is 168 Å². The number of allylic oxidation sites excluding steroid dienone is 2. The molecule has 0 unspecified atom stereocenters. The van der Waals surface area contributed by atoms with Crippen molar-refractivity contribution in [2.75, 3.05) is 0 Å². The van der Waals surface area contributed by atoms with E-state index < -0.39 is 0 Å². The average Bonchev–Trinajstić information content (AvgIpc) is 3.10. The molecule has 230 valence electrons. The highest BCUT2D eigenvalue weighted by molar-refractivity contribution is 6.21. The molecule has 4 heterocycles. The Bertz CT molecular complexity index is 2490. The summed E-state index contributed by atoms with van der Waals surface area (Å²) in [5.41, 5.74) is 16.2. The van der Waals surface area contributed by atoms with E-state index in [1.54, 1.807) is 0 Å². The third kappa shape index (κ3) is 4.68. The van der Waals surface area contributed by atoms with Crippen molar-refractivity contribution in [1.82, 2.24) is 40.8 Å². The van der Waals surface area contributed by atoms with Crippen LogP contribution in [0.25, 0.3) is 67.4 Å². The number of benzene rings is 3. The highest BCUT2D eigenvalue weighted by Crippen LogP contribution is 2.48. The lowest BCUT2D eigenvalue weighted by Gasteiger charge is -2.27. The standard InChI is InChI=1S/C40H30N8/c1-21-5-9-35(45-41-21)25-13-29-14-26(36-10-6-22(2)42-46-36)19-33-34-20-28(38-12-8-24(4)44-48-38)16-30-15-27(37-11-7-23(3)43-47-37)18-32(40(30)34)31(17-25)39(29)33/h5-15,17-18,20H,16,19H2,1-4H3. The number of rotatable bonds is 4. The van der Waals surface area contributed by atoms with E-state index in [4.69, 9.17) is 0 Å². The fourth-order valence-corrected chi connectivity index (χ4v) is 7.06. The molecular formula is C40H30N8. The number of aromatic nitrogens is 8. The molecule has 0 saturated carbocycles. The molecule has 4 aromatic heterocycles. The maximum atomic E-state index is 4.62. The van der Waals surface area contributed by atoms with Gasteiger partial charge in [0.05, 0.1) is 45.6 Å². The molecule has 2 aliphatic rings. The summed E-state index contributed by atoms with van der Waals surface area (Å²) in [6.07, 6.45) is 6.06. The molecule has 8 nitrogen and oxygen atoms in total. The third-order valence-corrected chi connectivity index (χ3v) is 9.41. The highest BCUT2D eigenvalue weighted by Gasteiger charge is 2.27. The Morgan fingerprint density at radius 1 is 0.438 bits per heavy atom. The molecular weight excluding hydrogens is 592 g/mol. The molecule has 0 radical (unpaired) electrons. The van der Waals surface area contributed by atoms with E-state index in [0.717, 1.165) is 86.2 Å². The van der Waals surface area contributed by atoms with Gasteiger partial charge in [-0.3, -0.25) is 0 Å². The normalized spacial score (nSPS) is 13.5. The zero-order chi connectivity index (χ0) is 32.5. The second kappa shape index (κ2) is 10.8. The van der Waals surface area contributed by atoms with Crippen molar-refractivity contribution >= 4 is 44.8 Å². The molecule has 0 saturated heterocycles. The first-order valence-corrected chi connectivity index (χ1v) is 16.1. The Balaban J connectivity index is 1.39. The van der Waals surface area contributed by atoms with Gasteiger partial charge in [0.15, 0.2) is 0 Å². The van der Waals surface area contributed by atoms with E-state index in [1.165, 1.54) is 38.2 Å². The second-order valence-electron chi connectivity index (χ2n) is 12.9. The van der Waals surface area contributed by atoms with Gasteiger partial charge in [0.25, 0.3) is 0 Å². The summed E-state index contributed by atoms with van der Waals surface area (Å²) in [5.74, 6) is 0. The van der Waals surface area contributed by atoms with Gasteiger partial charge in [-0.2, -0.15) is 40.8 Å². The first kappa shape index (κ1) is 28.2. The predicted molar refractivity (Wildman–Crippen MR) is 190 cm³/mol. The van der Waals surface area contributed by atoms with Crippen LogP contribution in [0.2, 0.25) is 0 Å². The lowest BCUT2D eigenvalue weighted by molar-refractivity contribution is 0.957. The van der Waals surface area contributed by atoms with Crippen LogP contribution in [0.15, 0.2) is 72.8 Å². The summed E-state index contributed by atoms with van der Waals surface area (Å²) in [5, 5.41) is 40.9. The molecule has 9 rings (SSSR count). The Hall–Kier alpha value is -6.02. The average molecular weight is 623 g/mol. The van der Waals surface area contributed by atoms with Crippen LogP contribution in [-0.4, -0.2) is 40.8 Å². The summed E-state index contributed by atoms with van der Waals surface area (Å²) in [7, 11) is 0. The molecule has 3 aromatic carbocycles. The summed E-state index contributed by atoms with van der Waals surface area (Å²) in [4.78, 5) is 0. The van der Waals surface area contributed by atoms with E-state index in [0.29, 0.717) is 0 Å². The minimum absolute atomic E-state index is 0.724. The Morgan fingerprint density at radius 2 is 0.917 bits per heavy atom. The maximum Gasteiger partial charge on any atom is 0.0930 e. The van der Waals surface area contributed by atoms with Crippen molar-refractivity contribution in [3.8, 4) is 22.5 Å². The lowest BCUT2D eigenvalue weighted by atomic mass is 9.76. The SMILES string of the molecule is Cc1ccc(C2=Cc3c4c5c(cc(-c6ccc(C)nn6)cc5c5cc(-c6ccc(C)nn6)cc(c35)C2)C=C(c2ccc(C)nn2)C4)nn1. The zero-order valence-corrected chi connectivity index (χ0v) is 27.1. The van der Waals surface area contributed by atoms with Crippen LogP contribution in [0, 0.1) is 27.7 Å². The fraction of sp³-hybridized carbons (Fsp3) is 0.150. The highest BCUT2D eigenvalue weighted by atomic mass is 15.1. The number of hydrogen-bond donors (Lipinski definition) is 0. The maximum absolute atomic E-state index is 4.62. The molecule has 0 bridgehead atoms. The van der Waals surface area contributed by atoms with Gasteiger partial charge in [0.2, 0.25) is 0 Å². The molecule has 7 aromatic rings. The summed E-state index contributed by atoms with van der Waals surface area (Å²) >= 11 is 0. The Labute approximate surface area is 277 Å². The van der Waals surface area contributed by atoms with Gasteiger partial charge in [-0.25, -0.2) is 0 Å². The summed E-state index contributed by atoms with van der Waals surface area (Å²) in [6, 6.07) is 25.4. The van der Waals surface area contributed by atoms with E-state index in [1.807, 2.05) is 58.0 Å². The molecule has 0 spiro atoms. The van der Waals surface area contributed by atoms with Crippen LogP contribution < -0.4 is 0 Å². The van der Waals surface area contributed by atoms with Crippen LogP contribution >= 0.6 is 0 Å². The van der Waals surface area contributed by atoms with Gasteiger partial charge < -0.3 is 0 Å². The largest absolute Gasteiger partial charge is 0.155 e. The number of nitrogens with zero attached hydrogens (tertiary/aromatic N) is 8. The van der Waals surface area contributed by atoms with Gasteiger partial charge in [0, 0.05) is 24.0 Å². The van der Waals surface area contributed by atoms with Gasteiger partial charge >= 0.3 is 0 Å². The van der Waals surface area contributed by atoms with E-state index in [9.17, 15) is 0 Å². The quantitative estimate of drug-likeness (QED) is 0.183. The molecule has 0 amide bonds. The molecule has 0 fully saturated rings. The molecule has 0 N–H and O–H groups in total. The van der Waals surface area contributed by atoms with E-state index in [-0.39, 0.29) is 0 Å². The van der Waals surface area contributed by atoms with Crippen LogP contribution in [0.4, 0.5) is 0 Å². The smallest absolute Gasteiger partial charge is 0.0930 e. The minimum atomic E-state index is 0.724. The van der Waals surface area contributed by atoms with Crippen LogP contribution in [0.3, 0.4) is 0 Å². The number of fused-ring (bicyclic) bond motifs is 2. The van der Waals surface area contributed by atoms with Crippen molar-refractivity contribution in [3.63, 3.8) is 0 Å². The molecule has 0 atom stereocenters. The van der Waals surface area contributed by atoms with Crippen LogP contribution in [-0.2, 0) is 12.8 Å². The number of hydrogen-bond acceptors (Lipinski definition) is 8. The van der Waals surface area contributed by atoms with Crippen molar-refractivity contribution in [2.24, 2.45) is 0 Å². The molecule has 48 heavy (non-hydrogen) atoms. The van der Waals surface area contributed by atoms with Crippen molar-refractivity contribution in [2.45, 2.75) is 40.5 Å². The Kier molecular flexibility index (Phi) is 6.33. The third-order valence-electron chi connectivity index (χ3n) is 9.41.